The van der Waals surface area contributed by atoms with Crippen LogP contribution in [0.1, 0.15) is 59.8 Å². The van der Waals surface area contributed by atoms with Gasteiger partial charge in [0.1, 0.15) is 0 Å². The van der Waals surface area contributed by atoms with Crippen LogP contribution in [0.2, 0.25) is 0 Å². The van der Waals surface area contributed by atoms with E-state index in [9.17, 15) is 0 Å². The molecule has 0 atom stereocenters. The molecule has 0 saturated heterocycles. The molecule has 1 saturated carbocycles. The Kier molecular flexibility index (Phi) is 7.12. The van der Waals surface area contributed by atoms with Crippen molar-refractivity contribution in [1.82, 2.24) is 0 Å². The van der Waals surface area contributed by atoms with Gasteiger partial charge in [0.25, 0.3) is 0 Å². The molecule has 72 valence electrons. The van der Waals surface area contributed by atoms with Gasteiger partial charge in [0, 0.05) is 11.8 Å². The van der Waals surface area contributed by atoms with E-state index in [2.05, 4.69) is 18.8 Å². The summed E-state index contributed by atoms with van der Waals surface area (Å²) in [5, 5.41) is 0. The molecule has 1 aliphatic rings. The van der Waals surface area contributed by atoms with Gasteiger partial charge < -0.3 is 0 Å². The van der Waals surface area contributed by atoms with Crippen LogP contribution < -0.4 is 0 Å². The van der Waals surface area contributed by atoms with Gasteiger partial charge in [0.2, 0.25) is 0 Å². The number of hydrogen-bond acceptors (Lipinski definition) is 1. The first-order valence-electron chi connectivity index (χ1n) is 5.34. The van der Waals surface area contributed by atoms with Gasteiger partial charge in [-0.15, -0.1) is 0 Å². The van der Waals surface area contributed by atoms with Crippen LogP contribution in [0.5, 0.6) is 0 Å². The molecule has 12 heavy (non-hydrogen) atoms. The van der Waals surface area contributed by atoms with Gasteiger partial charge in [-0.1, -0.05) is 20.3 Å². The molecule has 1 rings (SSSR count). The van der Waals surface area contributed by atoms with Crippen LogP contribution in [0, 0.1) is 0 Å². The number of rotatable bonds is 1. The van der Waals surface area contributed by atoms with Gasteiger partial charge in [0.05, 0.1) is 0 Å². The third kappa shape index (κ3) is 5.34. The third-order valence-corrected chi connectivity index (χ3v) is 1.87. The predicted molar refractivity (Wildman–Crippen MR) is 57.0 cm³/mol. The van der Waals surface area contributed by atoms with Crippen LogP contribution >= 0.6 is 0 Å². The topological polar surface area (TPSA) is 12.4 Å². The van der Waals surface area contributed by atoms with Gasteiger partial charge in [-0.05, 0) is 39.5 Å². The summed E-state index contributed by atoms with van der Waals surface area (Å²) < 4.78 is 0. The Morgan fingerprint density at radius 2 is 1.50 bits per heavy atom. The Hall–Kier alpha value is -0.330. The molecule has 0 spiro atoms. The van der Waals surface area contributed by atoms with Crippen molar-refractivity contribution in [1.29, 1.82) is 0 Å². The van der Waals surface area contributed by atoms with Crippen molar-refractivity contribution in [3.8, 4) is 0 Å². The number of nitrogens with zero attached hydrogens (tertiary/aromatic N) is 1. The Balaban J connectivity index is 0.000000561. The van der Waals surface area contributed by atoms with Crippen molar-refractivity contribution >= 4 is 5.71 Å². The van der Waals surface area contributed by atoms with E-state index in [1.54, 1.807) is 0 Å². The minimum Gasteiger partial charge on any atom is -0.291 e. The summed E-state index contributed by atoms with van der Waals surface area (Å²) in [5.41, 5.74) is 1.46. The molecule has 0 heterocycles. The highest BCUT2D eigenvalue weighted by Gasteiger charge is 2.06. The van der Waals surface area contributed by atoms with Crippen LogP contribution in [-0.2, 0) is 0 Å². The van der Waals surface area contributed by atoms with Crippen molar-refractivity contribution in [3.05, 3.63) is 0 Å². The maximum absolute atomic E-state index is 4.55. The highest BCUT2D eigenvalue weighted by molar-refractivity contribution is 5.85. The molecular formula is C11H23N. The monoisotopic (exact) mass is 169 g/mol. The average Bonchev–Trinajstić information content (AvgIpc) is 2.08. The maximum atomic E-state index is 4.55. The molecule has 0 aromatic heterocycles. The minimum absolute atomic E-state index is 0.507. The Labute approximate surface area is 77.3 Å². The molecule has 0 aromatic rings. The van der Waals surface area contributed by atoms with E-state index in [0.29, 0.717) is 6.04 Å². The second-order valence-corrected chi connectivity index (χ2v) is 3.35. The molecule has 0 bridgehead atoms. The summed E-state index contributed by atoms with van der Waals surface area (Å²) in [7, 11) is 0. The van der Waals surface area contributed by atoms with Gasteiger partial charge in [-0.25, -0.2) is 0 Å². The molecule has 0 N–H and O–H groups in total. The Bertz CT molecular complexity index is 117. The van der Waals surface area contributed by atoms with E-state index in [1.807, 2.05) is 13.8 Å². The van der Waals surface area contributed by atoms with Gasteiger partial charge in [0.15, 0.2) is 0 Å². The number of hydrogen-bond donors (Lipinski definition) is 0. The second kappa shape index (κ2) is 7.33. The summed E-state index contributed by atoms with van der Waals surface area (Å²) in [4.78, 5) is 4.55. The average molecular weight is 169 g/mol. The first-order valence-corrected chi connectivity index (χ1v) is 5.34. The molecule has 0 aromatic carbocycles. The SMILES string of the molecule is CC.CC(C)N=C1CCCCC1. The Morgan fingerprint density at radius 3 is 1.92 bits per heavy atom. The summed E-state index contributed by atoms with van der Waals surface area (Å²) in [6.45, 7) is 8.31. The molecule has 0 amide bonds. The van der Waals surface area contributed by atoms with Gasteiger partial charge in [-0.3, -0.25) is 4.99 Å². The molecule has 0 aliphatic heterocycles. The summed E-state index contributed by atoms with van der Waals surface area (Å²) >= 11 is 0. The molecule has 1 aliphatic carbocycles. The summed E-state index contributed by atoms with van der Waals surface area (Å²) in [6, 6.07) is 0.507. The third-order valence-electron chi connectivity index (χ3n) is 1.87. The molecule has 1 heteroatoms. The smallest absolute Gasteiger partial charge is 0.0442 e. The molecular weight excluding hydrogens is 146 g/mol. The fraction of sp³-hybridized carbons (Fsp3) is 0.909. The quantitative estimate of drug-likeness (QED) is 0.565. The van der Waals surface area contributed by atoms with E-state index in [1.165, 1.54) is 37.8 Å². The van der Waals surface area contributed by atoms with Crippen molar-refractivity contribution in [3.63, 3.8) is 0 Å². The second-order valence-electron chi connectivity index (χ2n) is 3.35. The van der Waals surface area contributed by atoms with Gasteiger partial charge in [-0.2, -0.15) is 0 Å². The van der Waals surface area contributed by atoms with E-state index in [4.69, 9.17) is 0 Å². The zero-order valence-electron chi connectivity index (χ0n) is 9.06. The van der Waals surface area contributed by atoms with Crippen LogP contribution in [0.15, 0.2) is 4.99 Å². The molecule has 0 unspecified atom stereocenters. The molecule has 1 nitrogen and oxygen atoms in total. The van der Waals surface area contributed by atoms with Crippen LogP contribution in [0.4, 0.5) is 0 Å². The first kappa shape index (κ1) is 11.7. The van der Waals surface area contributed by atoms with Crippen molar-refractivity contribution in [2.75, 3.05) is 0 Å². The highest BCUT2D eigenvalue weighted by Crippen LogP contribution is 2.15. The maximum Gasteiger partial charge on any atom is 0.0442 e. The minimum atomic E-state index is 0.507. The zero-order valence-corrected chi connectivity index (χ0v) is 9.06. The fourth-order valence-electron chi connectivity index (χ4n) is 1.45. The largest absolute Gasteiger partial charge is 0.291 e. The zero-order chi connectivity index (χ0) is 9.40. The van der Waals surface area contributed by atoms with Gasteiger partial charge >= 0.3 is 0 Å². The highest BCUT2D eigenvalue weighted by atomic mass is 14.8. The normalized spacial score (nSPS) is 16.9. The lowest BCUT2D eigenvalue weighted by molar-refractivity contribution is 0.656. The Morgan fingerprint density at radius 1 is 1.00 bits per heavy atom. The number of aliphatic imine (C=N–C) groups is 1. The van der Waals surface area contributed by atoms with Crippen molar-refractivity contribution in [2.45, 2.75) is 65.8 Å². The lowest BCUT2D eigenvalue weighted by Crippen LogP contribution is -2.07. The standard InChI is InChI=1S/C9H17N.C2H6/c1-8(2)10-9-6-4-3-5-7-9;1-2/h8H,3-7H2,1-2H3;1-2H3. The fourth-order valence-corrected chi connectivity index (χ4v) is 1.45. The lowest BCUT2D eigenvalue weighted by atomic mass is 9.98. The predicted octanol–water partition coefficient (Wildman–Crippen LogP) is 3.83. The molecule has 1 fully saturated rings. The first-order chi connectivity index (χ1) is 5.79. The van der Waals surface area contributed by atoms with Crippen LogP contribution in [0.25, 0.3) is 0 Å². The molecule has 0 radical (unpaired) electrons. The van der Waals surface area contributed by atoms with Crippen LogP contribution in [0.3, 0.4) is 0 Å². The van der Waals surface area contributed by atoms with Crippen molar-refractivity contribution in [2.24, 2.45) is 4.99 Å². The van der Waals surface area contributed by atoms with Crippen LogP contribution in [-0.4, -0.2) is 11.8 Å². The van der Waals surface area contributed by atoms with Crippen molar-refractivity contribution < 1.29 is 0 Å². The summed E-state index contributed by atoms with van der Waals surface area (Å²) in [6.07, 6.45) is 6.67. The van der Waals surface area contributed by atoms with E-state index in [0.717, 1.165) is 0 Å². The lowest BCUT2D eigenvalue weighted by Gasteiger charge is -2.13. The summed E-state index contributed by atoms with van der Waals surface area (Å²) in [5.74, 6) is 0. The van der Waals surface area contributed by atoms with E-state index >= 15 is 0 Å². The van der Waals surface area contributed by atoms with E-state index < -0.39 is 0 Å². The van der Waals surface area contributed by atoms with E-state index in [-0.39, 0.29) is 0 Å².